The van der Waals surface area contributed by atoms with Crippen molar-refractivity contribution in [3.8, 4) is 11.3 Å². The first-order valence-corrected chi connectivity index (χ1v) is 7.79. The summed E-state index contributed by atoms with van der Waals surface area (Å²) in [6.07, 6.45) is 0. The molecule has 2 aromatic carbocycles. The molecule has 1 heterocycles. The van der Waals surface area contributed by atoms with Crippen LogP contribution in [0.15, 0.2) is 47.8 Å². The number of carbonyl (C=O) groups is 1. The first-order chi connectivity index (χ1) is 10.3. The Morgan fingerprint density at radius 2 is 1.95 bits per heavy atom. The smallest absolute Gasteiger partial charge is 0.251 e. The van der Waals surface area contributed by atoms with E-state index < -0.39 is 0 Å². The van der Waals surface area contributed by atoms with Crippen molar-refractivity contribution in [1.82, 2.24) is 9.69 Å². The molecule has 3 nitrogen and oxygen atoms in total. The summed E-state index contributed by atoms with van der Waals surface area (Å²) in [5, 5.41) is 6.76. The van der Waals surface area contributed by atoms with Gasteiger partial charge in [0.15, 0.2) is 0 Å². The van der Waals surface area contributed by atoms with E-state index in [0.717, 1.165) is 22.0 Å². The lowest BCUT2D eigenvalue weighted by Crippen LogP contribution is -2.17. The molecule has 0 spiro atoms. The van der Waals surface area contributed by atoms with Crippen LogP contribution in [0, 0.1) is 0 Å². The number of hydrogen-bond acceptors (Lipinski definition) is 3. The largest absolute Gasteiger partial charge is 0.355 e. The quantitative estimate of drug-likeness (QED) is 0.764. The van der Waals surface area contributed by atoms with Crippen molar-refractivity contribution in [2.24, 2.45) is 0 Å². The Morgan fingerprint density at radius 1 is 1.14 bits per heavy atom. The highest BCUT2D eigenvalue weighted by molar-refractivity contribution is 7.03. The molecule has 3 aromatic rings. The fourth-order valence-electron chi connectivity index (χ4n) is 2.14. The standard InChI is InChI=1S/C15H12N2OS.C2H6/c1-16-15(18)11-5-6-12-10(9-11)3-2-4-13(12)14-7-8-19-17-14;1-2/h2-9H,1H3,(H,16,18);1-2H3. The second-order valence-electron chi connectivity index (χ2n) is 4.21. The van der Waals surface area contributed by atoms with Crippen molar-refractivity contribution in [2.75, 3.05) is 7.05 Å². The molecule has 1 N–H and O–H groups in total. The number of carbonyl (C=O) groups excluding carboxylic acids is 1. The molecule has 1 amide bonds. The van der Waals surface area contributed by atoms with Crippen molar-refractivity contribution in [3.63, 3.8) is 0 Å². The van der Waals surface area contributed by atoms with Crippen molar-refractivity contribution < 1.29 is 4.79 Å². The van der Waals surface area contributed by atoms with E-state index in [0.29, 0.717) is 5.56 Å². The predicted octanol–water partition coefficient (Wildman–Crippen LogP) is 4.35. The molecule has 0 saturated heterocycles. The van der Waals surface area contributed by atoms with Crippen LogP contribution in [0.5, 0.6) is 0 Å². The van der Waals surface area contributed by atoms with Crippen LogP contribution in [-0.4, -0.2) is 17.3 Å². The maximum absolute atomic E-state index is 11.6. The Balaban J connectivity index is 0.000000774. The summed E-state index contributed by atoms with van der Waals surface area (Å²) >= 11 is 1.44. The predicted molar refractivity (Wildman–Crippen MR) is 89.8 cm³/mol. The van der Waals surface area contributed by atoms with Gasteiger partial charge in [0.1, 0.15) is 0 Å². The molecule has 0 radical (unpaired) electrons. The Labute approximate surface area is 128 Å². The van der Waals surface area contributed by atoms with Crippen LogP contribution in [-0.2, 0) is 0 Å². The van der Waals surface area contributed by atoms with Gasteiger partial charge in [-0.05, 0) is 40.5 Å². The monoisotopic (exact) mass is 298 g/mol. The molecule has 0 aliphatic carbocycles. The highest BCUT2D eigenvalue weighted by atomic mass is 32.1. The third-order valence-electron chi connectivity index (χ3n) is 3.08. The molecule has 4 heteroatoms. The van der Waals surface area contributed by atoms with E-state index >= 15 is 0 Å². The van der Waals surface area contributed by atoms with Gasteiger partial charge in [-0.3, -0.25) is 4.79 Å². The molecule has 0 saturated carbocycles. The average Bonchev–Trinajstić information content (AvgIpc) is 3.09. The lowest BCUT2D eigenvalue weighted by atomic mass is 10.00. The summed E-state index contributed by atoms with van der Waals surface area (Å²) in [6, 6.07) is 13.8. The highest BCUT2D eigenvalue weighted by Crippen LogP contribution is 2.28. The average molecular weight is 298 g/mol. The number of hydrogen-bond donors (Lipinski definition) is 1. The third-order valence-corrected chi connectivity index (χ3v) is 3.64. The van der Waals surface area contributed by atoms with Crippen molar-refractivity contribution in [3.05, 3.63) is 53.4 Å². The Kier molecular flexibility index (Phi) is 5.06. The van der Waals surface area contributed by atoms with Crippen LogP contribution in [0.4, 0.5) is 0 Å². The second-order valence-corrected chi connectivity index (χ2v) is 4.87. The zero-order valence-electron chi connectivity index (χ0n) is 12.4. The van der Waals surface area contributed by atoms with Gasteiger partial charge in [-0.1, -0.05) is 38.1 Å². The molecule has 0 unspecified atom stereocenters. The number of fused-ring (bicyclic) bond motifs is 1. The van der Waals surface area contributed by atoms with E-state index in [-0.39, 0.29) is 5.91 Å². The molecule has 3 rings (SSSR count). The summed E-state index contributed by atoms with van der Waals surface area (Å²) in [5.74, 6) is -0.0686. The number of nitrogens with zero attached hydrogens (tertiary/aromatic N) is 1. The van der Waals surface area contributed by atoms with Gasteiger partial charge in [-0.15, -0.1) is 0 Å². The lowest BCUT2D eigenvalue weighted by Gasteiger charge is -2.06. The minimum Gasteiger partial charge on any atom is -0.355 e. The molecule has 21 heavy (non-hydrogen) atoms. The topological polar surface area (TPSA) is 42.0 Å². The summed E-state index contributed by atoms with van der Waals surface area (Å²) in [6.45, 7) is 4.00. The zero-order chi connectivity index (χ0) is 15.2. The highest BCUT2D eigenvalue weighted by Gasteiger charge is 2.08. The van der Waals surface area contributed by atoms with Crippen LogP contribution in [0.3, 0.4) is 0 Å². The maximum atomic E-state index is 11.6. The van der Waals surface area contributed by atoms with Gasteiger partial charge in [0.05, 0.1) is 5.69 Å². The van der Waals surface area contributed by atoms with Crippen LogP contribution >= 0.6 is 11.5 Å². The summed E-state index contributed by atoms with van der Waals surface area (Å²) in [4.78, 5) is 11.6. The number of rotatable bonds is 2. The normalized spacial score (nSPS) is 9.86. The summed E-state index contributed by atoms with van der Waals surface area (Å²) < 4.78 is 4.37. The third kappa shape index (κ3) is 3.11. The first-order valence-electron chi connectivity index (χ1n) is 6.95. The Hall–Kier alpha value is -2.20. The molecule has 0 fully saturated rings. The van der Waals surface area contributed by atoms with Gasteiger partial charge in [-0.2, -0.15) is 4.37 Å². The Bertz CT molecular complexity index is 736. The van der Waals surface area contributed by atoms with Crippen LogP contribution in [0.1, 0.15) is 24.2 Å². The number of nitrogens with one attached hydrogen (secondary N) is 1. The summed E-state index contributed by atoms with van der Waals surface area (Å²) in [7, 11) is 1.64. The van der Waals surface area contributed by atoms with Gasteiger partial charge >= 0.3 is 0 Å². The SMILES string of the molecule is CC.CNC(=O)c1ccc2c(-c3ccsn3)cccc2c1. The number of amides is 1. The van der Waals surface area contributed by atoms with E-state index in [4.69, 9.17) is 0 Å². The van der Waals surface area contributed by atoms with E-state index in [2.05, 4.69) is 15.8 Å². The van der Waals surface area contributed by atoms with Gasteiger partial charge in [0, 0.05) is 23.6 Å². The van der Waals surface area contributed by atoms with Gasteiger partial charge in [0.25, 0.3) is 5.91 Å². The first kappa shape index (κ1) is 15.2. The molecule has 1 aromatic heterocycles. The maximum Gasteiger partial charge on any atom is 0.251 e. The van der Waals surface area contributed by atoms with Crippen LogP contribution < -0.4 is 5.32 Å². The zero-order valence-corrected chi connectivity index (χ0v) is 13.2. The molecule has 108 valence electrons. The molecular formula is C17H18N2OS. The Morgan fingerprint density at radius 3 is 2.62 bits per heavy atom. The minimum absolute atomic E-state index is 0.0686. The van der Waals surface area contributed by atoms with E-state index in [1.807, 2.05) is 55.6 Å². The van der Waals surface area contributed by atoms with Crippen LogP contribution in [0.2, 0.25) is 0 Å². The number of aromatic nitrogens is 1. The minimum atomic E-state index is -0.0686. The van der Waals surface area contributed by atoms with Crippen LogP contribution in [0.25, 0.3) is 22.0 Å². The second kappa shape index (κ2) is 6.99. The van der Waals surface area contributed by atoms with E-state index in [1.165, 1.54) is 11.5 Å². The molecule has 0 bridgehead atoms. The molecule has 0 aliphatic heterocycles. The lowest BCUT2D eigenvalue weighted by molar-refractivity contribution is 0.0963. The molecule has 0 atom stereocenters. The van der Waals surface area contributed by atoms with E-state index in [1.54, 1.807) is 7.05 Å². The van der Waals surface area contributed by atoms with Gasteiger partial charge in [0.2, 0.25) is 0 Å². The van der Waals surface area contributed by atoms with E-state index in [9.17, 15) is 4.79 Å². The van der Waals surface area contributed by atoms with Gasteiger partial charge in [-0.25, -0.2) is 0 Å². The van der Waals surface area contributed by atoms with Crippen molar-refractivity contribution >= 4 is 28.2 Å². The van der Waals surface area contributed by atoms with Crippen molar-refractivity contribution in [1.29, 1.82) is 0 Å². The molecular weight excluding hydrogens is 280 g/mol. The fourth-order valence-corrected chi connectivity index (χ4v) is 2.67. The fraction of sp³-hybridized carbons (Fsp3) is 0.176. The van der Waals surface area contributed by atoms with Gasteiger partial charge < -0.3 is 5.32 Å². The van der Waals surface area contributed by atoms with Crippen molar-refractivity contribution in [2.45, 2.75) is 13.8 Å². The summed E-state index contributed by atoms with van der Waals surface area (Å²) in [5.41, 5.74) is 2.75. The number of benzene rings is 2. The molecule has 0 aliphatic rings.